The number of hydrogen-bond acceptors (Lipinski definition) is 16. The van der Waals surface area contributed by atoms with Crippen molar-refractivity contribution in [1.29, 1.82) is 0 Å². The van der Waals surface area contributed by atoms with Crippen molar-refractivity contribution in [3.05, 3.63) is 0 Å². The van der Waals surface area contributed by atoms with Gasteiger partial charge in [0.2, 0.25) is 41.6 Å². The normalized spacial score (nSPS) is 11.7. The minimum atomic E-state index is -5.31. The van der Waals surface area contributed by atoms with Gasteiger partial charge in [0, 0.05) is 0 Å². The largest absolute Gasteiger partial charge is 2.00 e. The molecule has 0 spiro atoms. The van der Waals surface area contributed by atoms with E-state index < -0.39 is 41.6 Å². The summed E-state index contributed by atoms with van der Waals surface area (Å²) in [6, 6.07) is 0. The van der Waals surface area contributed by atoms with Crippen LogP contribution in [0, 0.1) is 0 Å². The van der Waals surface area contributed by atoms with Crippen LogP contribution in [-0.4, -0.2) is 51.9 Å². The van der Waals surface area contributed by atoms with Crippen molar-refractivity contribution in [3.8, 4) is 0 Å². The van der Waals surface area contributed by atoms with Gasteiger partial charge in [-0.1, -0.05) is 0 Å². The van der Waals surface area contributed by atoms with Crippen molar-refractivity contribution in [2.45, 2.75) is 0 Å². The van der Waals surface area contributed by atoms with Crippen molar-refractivity contribution in [1.82, 2.24) is 12.3 Å². The molecule has 23 heavy (non-hydrogen) atoms. The molecule has 0 aromatic carbocycles. The van der Waals surface area contributed by atoms with Gasteiger partial charge in [-0.05, 0) is 0 Å². The molecule has 8 N–H and O–H groups in total. The molecule has 0 amide bonds. The average molecular weight is 484 g/mol. The van der Waals surface area contributed by atoms with Crippen LogP contribution in [0.2, 0.25) is 0 Å². The molecular formula is H8CuN2O16S4. The van der Waals surface area contributed by atoms with E-state index in [1.807, 2.05) is 0 Å². The zero-order chi connectivity index (χ0) is 16.8. The van der Waals surface area contributed by atoms with Gasteiger partial charge in [0.05, 0.1) is 0 Å². The molecule has 0 bridgehead atoms. The maximum Gasteiger partial charge on any atom is 2.00 e. The summed E-state index contributed by atoms with van der Waals surface area (Å²) in [6.45, 7) is 0. The Morgan fingerprint density at radius 3 is 0.565 bits per heavy atom. The molecule has 1 radical (unpaired) electrons. The molecule has 0 fully saturated rings. The van der Waals surface area contributed by atoms with Gasteiger partial charge in [-0.3, -0.25) is 0 Å². The Morgan fingerprint density at radius 1 is 0.435 bits per heavy atom. The molecule has 0 aromatic heterocycles. The van der Waals surface area contributed by atoms with Gasteiger partial charge in [-0.2, -0.15) is 0 Å². The molecule has 0 aromatic rings. The van der Waals surface area contributed by atoms with E-state index in [2.05, 4.69) is 17.3 Å². The summed E-state index contributed by atoms with van der Waals surface area (Å²) in [5, 5.41) is 0. The third-order valence-corrected chi connectivity index (χ3v) is 1.50. The van der Waals surface area contributed by atoms with Crippen molar-refractivity contribution in [3.63, 3.8) is 0 Å². The molecule has 0 saturated carbocycles. The van der Waals surface area contributed by atoms with Crippen LogP contribution in [0.25, 0.3) is 0 Å². The van der Waals surface area contributed by atoms with Crippen LogP contribution in [0.4, 0.5) is 0 Å². The Kier molecular flexibility index (Phi) is 18.3. The number of hydrogen-bond donors (Lipinski definition) is 2. The second-order valence-electron chi connectivity index (χ2n) is 1.91. The SMILES string of the molecule is O=S(=O)([O-])OOS(=O)(=O)[O-].O=S(=O)([O-])OOS(=O)(=O)[O-].[Cu+2].[NH4+].[NH4+]. The Hall–Kier alpha value is -0.0805. The number of rotatable bonds is 6. The predicted molar refractivity (Wildman–Crippen MR) is 55.1 cm³/mol. The third kappa shape index (κ3) is 44.9. The topological polar surface area (TPSA) is 339 Å². The molecule has 0 rings (SSSR count). The molecule has 18 nitrogen and oxygen atoms in total. The third-order valence-electron chi connectivity index (χ3n) is 0.389. The molecule has 0 saturated heterocycles. The van der Waals surface area contributed by atoms with Gasteiger partial charge >= 0.3 is 17.1 Å². The van der Waals surface area contributed by atoms with Crippen LogP contribution in [0.1, 0.15) is 0 Å². The van der Waals surface area contributed by atoms with E-state index in [0.29, 0.717) is 0 Å². The molecule has 0 aliphatic rings. The first-order chi connectivity index (χ1) is 8.41. The molecule has 0 heterocycles. The summed E-state index contributed by atoms with van der Waals surface area (Å²) in [7, 11) is -21.2. The predicted octanol–water partition coefficient (Wildman–Crippen LogP) is -3.54. The zero-order valence-electron chi connectivity index (χ0n) is 10.5. The van der Waals surface area contributed by atoms with E-state index >= 15 is 0 Å². The maximum absolute atomic E-state index is 9.37. The van der Waals surface area contributed by atoms with Gasteiger partial charge in [0.1, 0.15) is 0 Å². The quantitative estimate of drug-likeness (QED) is 0.121. The van der Waals surface area contributed by atoms with Gasteiger partial charge < -0.3 is 30.5 Å². The minimum Gasteiger partial charge on any atom is -0.724 e. The summed E-state index contributed by atoms with van der Waals surface area (Å²) in [4.78, 5) is 0. The van der Waals surface area contributed by atoms with E-state index in [-0.39, 0.29) is 29.4 Å². The second kappa shape index (κ2) is 12.3. The average Bonchev–Trinajstić information content (AvgIpc) is 2.09. The van der Waals surface area contributed by atoms with Crippen LogP contribution in [0.3, 0.4) is 0 Å². The van der Waals surface area contributed by atoms with Gasteiger partial charge in [0.15, 0.2) is 0 Å². The molecule has 0 aliphatic heterocycles. The Bertz CT molecular complexity index is 566. The molecule has 23 heteroatoms. The van der Waals surface area contributed by atoms with Crippen LogP contribution in [0.15, 0.2) is 0 Å². The Labute approximate surface area is 140 Å². The molecule has 0 atom stereocenters. The van der Waals surface area contributed by atoms with Crippen molar-refractivity contribution in [2.24, 2.45) is 0 Å². The molecule has 0 aliphatic carbocycles. The first-order valence-electron chi connectivity index (χ1n) is 3.00. The summed E-state index contributed by atoms with van der Waals surface area (Å²) < 4.78 is 123. The minimum absolute atomic E-state index is 0. The van der Waals surface area contributed by atoms with Gasteiger partial charge in [-0.15, -0.1) is 17.3 Å². The van der Waals surface area contributed by atoms with Crippen LogP contribution in [-0.2, 0) is 76.0 Å². The van der Waals surface area contributed by atoms with Crippen LogP contribution < -0.4 is 12.3 Å². The smallest absolute Gasteiger partial charge is 0.724 e. The first kappa shape index (κ1) is 34.3. The summed E-state index contributed by atoms with van der Waals surface area (Å²) in [5.41, 5.74) is 0. The van der Waals surface area contributed by atoms with E-state index in [4.69, 9.17) is 0 Å². The summed E-state index contributed by atoms with van der Waals surface area (Å²) in [6.07, 6.45) is 0. The van der Waals surface area contributed by atoms with Gasteiger partial charge in [0.25, 0.3) is 0 Å². The molecule has 149 valence electrons. The Balaban J connectivity index is -0.0000000831. The second-order valence-corrected chi connectivity index (χ2v) is 5.72. The zero-order valence-corrected chi connectivity index (χ0v) is 14.7. The van der Waals surface area contributed by atoms with E-state index in [1.54, 1.807) is 0 Å². The standard InChI is InChI=1S/Cu.2H3N.2H2O8S2/c;;;2*1-9(2,3)7-8-10(4,5)6/h;2*1H3;2*(H,1,2,3)(H,4,5,6)/q+2;;;;/p-2. The van der Waals surface area contributed by atoms with Crippen LogP contribution >= 0.6 is 0 Å². The fraction of sp³-hybridized carbons (Fsp3) is 0. The maximum atomic E-state index is 9.37. The summed E-state index contributed by atoms with van der Waals surface area (Å²) >= 11 is 0. The Morgan fingerprint density at radius 2 is 0.522 bits per heavy atom. The molecule has 0 unspecified atom stereocenters. The van der Waals surface area contributed by atoms with Gasteiger partial charge in [-0.25, -0.2) is 33.7 Å². The molecular weight excluding hydrogens is 476 g/mol. The monoisotopic (exact) mass is 483 g/mol. The first-order valence-corrected chi connectivity index (χ1v) is 8.33. The van der Waals surface area contributed by atoms with E-state index in [0.717, 1.165) is 0 Å². The van der Waals surface area contributed by atoms with Crippen molar-refractivity contribution >= 4 is 41.6 Å². The van der Waals surface area contributed by atoms with E-state index in [9.17, 15) is 51.9 Å². The summed E-state index contributed by atoms with van der Waals surface area (Å²) in [5.74, 6) is 0. The van der Waals surface area contributed by atoms with Crippen LogP contribution in [0.5, 0.6) is 0 Å². The number of quaternary nitrogens is 2. The fourth-order valence-electron chi connectivity index (χ4n) is 0.136. The fourth-order valence-corrected chi connectivity index (χ4v) is 1.22. The van der Waals surface area contributed by atoms with Crippen molar-refractivity contribution < 1.29 is 86.3 Å². The van der Waals surface area contributed by atoms with E-state index in [1.165, 1.54) is 0 Å². The van der Waals surface area contributed by atoms with Crippen molar-refractivity contribution in [2.75, 3.05) is 0 Å².